The summed E-state index contributed by atoms with van der Waals surface area (Å²) in [6, 6.07) is 12.7. The van der Waals surface area contributed by atoms with E-state index in [1.807, 2.05) is 0 Å². The summed E-state index contributed by atoms with van der Waals surface area (Å²) in [7, 11) is 0. The third kappa shape index (κ3) is 1.06. The van der Waals surface area contributed by atoms with Crippen molar-refractivity contribution in [1.82, 2.24) is 0 Å². The zero-order chi connectivity index (χ0) is 8.67. The van der Waals surface area contributed by atoms with Crippen LogP contribution in [0.25, 0.3) is 10.8 Å². The SMILES string of the molecule is c1cc2c3c(cccc3c1)SOC2. The van der Waals surface area contributed by atoms with Crippen molar-refractivity contribution >= 4 is 22.8 Å². The molecule has 1 nitrogen and oxygen atoms in total. The Labute approximate surface area is 80.9 Å². The molecule has 0 aliphatic carbocycles. The molecule has 2 aromatic rings. The summed E-state index contributed by atoms with van der Waals surface area (Å²) >= 11 is 1.48. The summed E-state index contributed by atoms with van der Waals surface area (Å²) in [5.41, 5.74) is 1.30. The van der Waals surface area contributed by atoms with Gasteiger partial charge >= 0.3 is 0 Å². The fourth-order valence-electron chi connectivity index (χ4n) is 1.73. The van der Waals surface area contributed by atoms with Crippen LogP contribution in [0.5, 0.6) is 0 Å². The molecule has 0 fully saturated rings. The zero-order valence-corrected chi connectivity index (χ0v) is 7.80. The second-order valence-electron chi connectivity index (χ2n) is 3.12. The predicted octanol–water partition coefficient (Wildman–Crippen LogP) is 3.38. The van der Waals surface area contributed by atoms with Gasteiger partial charge in [0.15, 0.2) is 0 Å². The minimum Gasteiger partial charge on any atom is -0.305 e. The Bertz CT molecular complexity index is 426. The molecule has 1 heterocycles. The molecule has 1 aliphatic heterocycles. The Kier molecular flexibility index (Phi) is 1.57. The predicted molar refractivity (Wildman–Crippen MR) is 54.6 cm³/mol. The molecule has 64 valence electrons. The van der Waals surface area contributed by atoms with E-state index in [1.165, 1.54) is 33.3 Å². The molecule has 2 heteroatoms. The van der Waals surface area contributed by atoms with E-state index < -0.39 is 0 Å². The Hall–Kier alpha value is -0.990. The van der Waals surface area contributed by atoms with Crippen molar-refractivity contribution in [3.63, 3.8) is 0 Å². The molecule has 3 rings (SSSR count). The maximum absolute atomic E-state index is 5.40. The highest BCUT2D eigenvalue weighted by Gasteiger charge is 2.12. The van der Waals surface area contributed by atoms with Gasteiger partial charge in [-0.15, -0.1) is 0 Å². The minimum atomic E-state index is 0.721. The van der Waals surface area contributed by atoms with E-state index >= 15 is 0 Å². The van der Waals surface area contributed by atoms with Crippen molar-refractivity contribution in [2.24, 2.45) is 0 Å². The average Bonchev–Trinajstić information content (AvgIpc) is 2.19. The first kappa shape index (κ1) is 7.42. The van der Waals surface area contributed by atoms with E-state index in [0.29, 0.717) is 0 Å². The van der Waals surface area contributed by atoms with E-state index in [1.54, 1.807) is 0 Å². The number of rotatable bonds is 0. The monoisotopic (exact) mass is 188 g/mol. The minimum absolute atomic E-state index is 0.721. The number of hydrogen-bond donors (Lipinski definition) is 0. The van der Waals surface area contributed by atoms with Gasteiger partial charge in [0, 0.05) is 22.3 Å². The maximum Gasteiger partial charge on any atom is 0.0875 e. The van der Waals surface area contributed by atoms with E-state index in [9.17, 15) is 0 Å². The molecule has 0 amide bonds. The van der Waals surface area contributed by atoms with Gasteiger partial charge in [-0.3, -0.25) is 0 Å². The zero-order valence-electron chi connectivity index (χ0n) is 6.99. The van der Waals surface area contributed by atoms with Gasteiger partial charge in [0.2, 0.25) is 0 Å². The van der Waals surface area contributed by atoms with Gasteiger partial charge in [-0.05, 0) is 17.0 Å². The summed E-state index contributed by atoms with van der Waals surface area (Å²) < 4.78 is 5.40. The van der Waals surface area contributed by atoms with Crippen LogP contribution in [0.1, 0.15) is 5.56 Å². The van der Waals surface area contributed by atoms with Crippen LogP contribution in [-0.2, 0) is 10.8 Å². The van der Waals surface area contributed by atoms with E-state index in [-0.39, 0.29) is 0 Å². The normalized spacial score (nSPS) is 14.8. The van der Waals surface area contributed by atoms with Gasteiger partial charge in [-0.1, -0.05) is 30.3 Å². The van der Waals surface area contributed by atoms with Crippen molar-refractivity contribution in [3.8, 4) is 0 Å². The van der Waals surface area contributed by atoms with Crippen LogP contribution in [0, 0.1) is 0 Å². The first-order valence-corrected chi connectivity index (χ1v) is 4.99. The molecule has 0 aromatic heterocycles. The first-order chi connectivity index (χ1) is 6.45. The first-order valence-electron chi connectivity index (χ1n) is 4.25. The fraction of sp³-hybridized carbons (Fsp3) is 0.0909. The Balaban J connectivity index is 2.49. The van der Waals surface area contributed by atoms with Gasteiger partial charge in [0.25, 0.3) is 0 Å². The highest BCUT2D eigenvalue weighted by Crippen LogP contribution is 2.36. The lowest BCUT2D eigenvalue weighted by Gasteiger charge is -2.15. The largest absolute Gasteiger partial charge is 0.305 e. The smallest absolute Gasteiger partial charge is 0.0875 e. The third-order valence-electron chi connectivity index (χ3n) is 2.32. The topological polar surface area (TPSA) is 9.23 Å². The summed E-state index contributed by atoms with van der Waals surface area (Å²) in [5.74, 6) is 0. The van der Waals surface area contributed by atoms with Crippen LogP contribution in [0.15, 0.2) is 41.3 Å². The second kappa shape index (κ2) is 2.76. The fourth-order valence-corrected chi connectivity index (χ4v) is 2.51. The molecule has 0 saturated carbocycles. The lowest BCUT2D eigenvalue weighted by atomic mass is 10.1. The lowest BCUT2D eigenvalue weighted by molar-refractivity contribution is 0.361. The van der Waals surface area contributed by atoms with Crippen LogP contribution in [0.4, 0.5) is 0 Å². The van der Waals surface area contributed by atoms with Crippen molar-refractivity contribution < 1.29 is 4.18 Å². The van der Waals surface area contributed by atoms with Crippen LogP contribution in [0.2, 0.25) is 0 Å². The van der Waals surface area contributed by atoms with Gasteiger partial charge in [0.05, 0.1) is 6.61 Å². The quantitative estimate of drug-likeness (QED) is 0.586. The highest BCUT2D eigenvalue weighted by molar-refractivity contribution is 7.95. The van der Waals surface area contributed by atoms with Gasteiger partial charge in [-0.2, -0.15) is 0 Å². The lowest BCUT2D eigenvalue weighted by Crippen LogP contribution is -1.95. The van der Waals surface area contributed by atoms with E-state index in [0.717, 1.165) is 6.61 Å². The van der Waals surface area contributed by atoms with Crippen LogP contribution in [0.3, 0.4) is 0 Å². The summed E-state index contributed by atoms with van der Waals surface area (Å²) in [6.07, 6.45) is 0. The Morgan fingerprint density at radius 1 is 1.08 bits per heavy atom. The maximum atomic E-state index is 5.40. The van der Waals surface area contributed by atoms with Crippen LogP contribution >= 0.6 is 12.0 Å². The van der Waals surface area contributed by atoms with E-state index in [2.05, 4.69) is 36.4 Å². The number of benzene rings is 2. The molecular weight excluding hydrogens is 180 g/mol. The molecule has 0 saturated heterocycles. The van der Waals surface area contributed by atoms with Crippen molar-refractivity contribution in [3.05, 3.63) is 42.0 Å². The summed E-state index contributed by atoms with van der Waals surface area (Å²) in [6.45, 7) is 0.721. The summed E-state index contributed by atoms with van der Waals surface area (Å²) in [4.78, 5) is 1.24. The molecular formula is C11H8OS. The van der Waals surface area contributed by atoms with Crippen molar-refractivity contribution in [1.29, 1.82) is 0 Å². The molecule has 13 heavy (non-hydrogen) atoms. The Morgan fingerprint density at radius 3 is 2.85 bits per heavy atom. The van der Waals surface area contributed by atoms with E-state index in [4.69, 9.17) is 4.18 Å². The molecule has 2 aromatic carbocycles. The molecule has 0 unspecified atom stereocenters. The Morgan fingerprint density at radius 2 is 1.92 bits per heavy atom. The van der Waals surface area contributed by atoms with Crippen molar-refractivity contribution in [2.45, 2.75) is 11.5 Å². The van der Waals surface area contributed by atoms with Crippen molar-refractivity contribution in [2.75, 3.05) is 0 Å². The van der Waals surface area contributed by atoms with Gasteiger partial charge in [-0.25, -0.2) is 0 Å². The van der Waals surface area contributed by atoms with Gasteiger partial charge < -0.3 is 4.18 Å². The standard InChI is InChI=1S/C11H8OS/c1-3-8-4-2-6-10-11(8)9(5-1)7-12-13-10/h1-6H,7H2. The molecule has 0 spiro atoms. The van der Waals surface area contributed by atoms with Crippen LogP contribution < -0.4 is 0 Å². The molecule has 0 bridgehead atoms. The third-order valence-corrected chi connectivity index (χ3v) is 3.07. The molecule has 1 aliphatic rings. The van der Waals surface area contributed by atoms with Crippen LogP contribution in [-0.4, -0.2) is 0 Å². The summed E-state index contributed by atoms with van der Waals surface area (Å²) in [5, 5.41) is 2.67. The molecule has 0 atom stereocenters. The van der Waals surface area contributed by atoms with Gasteiger partial charge in [0.1, 0.15) is 0 Å². The molecule has 0 radical (unpaired) electrons. The molecule has 0 N–H and O–H groups in total. The average molecular weight is 188 g/mol. The number of hydrogen-bond acceptors (Lipinski definition) is 2. The second-order valence-corrected chi connectivity index (χ2v) is 3.96. The highest BCUT2D eigenvalue weighted by atomic mass is 32.2.